The molecule has 1 saturated carbocycles. The number of fused-ring (bicyclic) bond motifs is 1. The summed E-state index contributed by atoms with van der Waals surface area (Å²) in [5, 5.41) is 3.02. The predicted molar refractivity (Wildman–Crippen MR) is 115 cm³/mol. The number of ether oxygens (including phenoxy) is 2. The van der Waals surface area contributed by atoms with Gasteiger partial charge in [0.15, 0.2) is 11.5 Å². The fourth-order valence-corrected chi connectivity index (χ4v) is 4.84. The number of sulfonamides is 1. The second-order valence-electron chi connectivity index (χ2n) is 7.50. The number of carbonyl (C=O) groups is 1. The van der Waals surface area contributed by atoms with Crippen molar-refractivity contribution in [1.82, 2.24) is 9.62 Å². The van der Waals surface area contributed by atoms with Gasteiger partial charge in [0.2, 0.25) is 15.9 Å². The molecule has 1 aliphatic carbocycles. The quantitative estimate of drug-likeness (QED) is 0.638. The number of halogens is 1. The van der Waals surface area contributed by atoms with Crippen molar-refractivity contribution < 1.29 is 22.7 Å². The zero-order chi connectivity index (χ0) is 21.3. The fraction of sp³-hybridized carbons (Fsp3) is 0.381. The van der Waals surface area contributed by atoms with Crippen LogP contribution in [0.15, 0.2) is 51.8 Å². The van der Waals surface area contributed by atoms with Gasteiger partial charge in [0.25, 0.3) is 0 Å². The van der Waals surface area contributed by atoms with Crippen molar-refractivity contribution in [3.8, 4) is 11.5 Å². The van der Waals surface area contributed by atoms with E-state index in [0.717, 1.165) is 27.2 Å². The fourth-order valence-electron chi connectivity index (χ4n) is 3.45. The summed E-state index contributed by atoms with van der Waals surface area (Å²) in [5.41, 5.74) is 0.938. The van der Waals surface area contributed by atoms with Gasteiger partial charge >= 0.3 is 0 Å². The minimum absolute atomic E-state index is 0.145. The van der Waals surface area contributed by atoms with Gasteiger partial charge in [-0.3, -0.25) is 4.79 Å². The van der Waals surface area contributed by atoms with Crippen LogP contribution in [0.2, 0.25) is 0 Å². The van der Waals surface area contributed by atoms with Crippen LogP contribution in [0.1, 0.15) is 24.4 Å². The minimum atomic E-state index is -3.75. The third-order valence-corrected chi connectivity index (χ3v) is 7.57. The van der Waals surface area contributed by atoms with Crippen LogP contribution < -0.4 is 14.8 Å². The highest BCUT2D eigenvalue weighted by molar-refractivity contribution is 9.10. The summed E-state index contributed by atoms with van der Waals surface area (Å²) in [6, 6.07) is 11.8. The van der Waals surface area contributed by atoms with E-state index in [2.05, 4.69) is 21.2 Å². The Balaban J connectivity index is 1.45. The first-order chi connectivity index (χ1) is 14.3. The Morgan fingerprint density at radius 2 is 1.80 bits per heavy atom. The van der Waals surface area contributed by atoms with Crippen molar-refractivity contribution in [3.63, 3.8) is 0 Å². The molecule has 1 heterocycles. The van der Waals surface area contributed by atoms with Gasteiger partial charge in [-0.15, -0.1) is 0 Å². The molecule has 0 bridgehead atoms. The molecule has 4 rings (SSSR count). The second kappa shape index (κ2) is 8.56. The number of hydrogen-bond donors (Lipinski definition) is 1. The SMILES string of the molecule is CN(CC(=O)NC(c1ccc2c(c1)OCCO2)C1CC1)S(=O)(=O)c1ccc(Br)cc1. The predicted octanol–water partition coefficient (Wildman–Crippen LogP) is 3.11. The third-order valence-electron chi connectivity index (χ3n) is 5.22. The van der Waals surface area contributed by atoms with Crippen molar-refractivity contribution in [2.45, 2.75) is 23.8 Å². The van der Waals surface area contributed by atoms with Crippen LogP contribution in [-0.2, 0) is 14.8 Å². The lowest BCUT2D eigenvalue weighted by molar-refractivity contribution is -0.122. The van der Waals surface area contributed by atoms with Gasteiger partial charge in [0, 0.05) is 11.5 Å². The number of benzene rings is 2. The van der Waals surface area contributed by atoms with E-state index in [0.29, 0.717) is 30.6 Å². The molecule has 30 heavy (non-hydrogen) atoms. The normalized spacial score (nSPS) is 16.9. The summed E-state index contributed by atoms with van der Waals surface area (Å²) in [6.07, 6.45) is 2.04. The maximum atomic E-state index is 12.7. The van der Waals surface area contributed by atoms with E-state index in [1.165, 1.54) is 19.2 Å². The maximum absolute atomic E-state index is 12.7. The molecule has 2 aromatic rings. The summed E-state index contributed by atoms with van der Waals surface area (Å²) in [4.78, 5) is 12.9. The van der Waals surface area contributed by atoms with E-state index >= 15 is 0 Å². The average Bonchev–Trinajstić information content (AvgIpc) is 3.57. The first kappa shape index (κ1) is 21.1. The topological polar surface area (TPSA) is 84.9 Å². The van der Waals surface area contributed by atoms with E-state index in [-0.39, 0.29) is 23.4 Å². The highest BCUT2D eigenvalue weighted by Crippen LogP contribution is 2.43. The molecule has 160 valence electrons. The lowest BCUT2D eigenvalue weighted by Gasteiger charge is -2.24. The number of carbonyl (C=O) groups excluding carboxylic acids is 1. The summed E-state index contributed by atoms with van der Waals surface area (Å²) < 4.78 is 38.6. The van der Waals surface area contributed by atoms with Gasteiger partial charge in [-0.2, -0.15) is 4.31 Å². The maximum Gasteiger partial charge on any atom is 0.243 e. The van der Waals surface area contributed by atoms with Crippen LogP contribution in [0.3, 0.4) is 0 Å². The zero-order valence-corrected chi connectivity index (χ0v) is 18.9. The molecule has 0 aromatic heterocycles. The summed E-state index contributed by atoms with van der Waals surface area (Å²) in [6.45, 7) is 0.760. The number of nitrogens with one attached hydrogen (secondary N) is 1. The number of nitrogens with zero attached hydrogens (tertiary/aromatic N) is 1. The number of likely N-dealkylation sites (N-methyl/N-ethyl adjacent to an activating group) is 1. The van der Waals surface area contributed by atoms with Crippen molar-refractivity contribution in [3.05, 3.63) is 52.5 Å². The van der Waals surface area contributed by atoms with Gasteiger partial charge < -0.3 is 14.8 Å². The van der Waals surface area contributed by atoms with E-state index in [9.17, 15) is 13.2 Å². The highest BCUT2D eigenvalue weighted by Gasteiger charge is 2.35. The second-order valence-corrected chi connectivity index (χ2v) is 10.5. The van der Waals surface area contributed by atoms with Crippen molar-refractivity contribution in [2.24, 2.45) is 5.92 Å². The Morgan fingerprint density at radius 1 is 1.13 bits per heavy atom. The molecular weight excluding hydrogens is 472 g/mol. The van der Waals surface area contributed by atoms with Crippen molar-refractivity contribution >= 4 is 31.9 Å². The zero-order valence-electron chi connectivity index (χ0n) is 16.5. The molecule has 1 unspecified atom stereocenters. The number of rotatable bonds is 7. The Morgan fingerprint density at radius 3 is 2.47 bits per heavy atom. The molecule has 0 radical (unpaired) electrons. The summed E-state index contributed by atoms with van der Waals surface area (Å²) in [5.74, 6) is 1.37. The first-order valence-electron chi connectivity index (χ1n) is 9.75. The van der Waals surface area contributed by atoms with E-state index in [1.54, 1.807) is 12.1 Å². The molecule has 1 amide bonds. The molecule has 2 aromatic carbocycles. The van der Waals surface area contributed by atoms with Gasteiger partial charge in [-0.05, 0) is 60.7 Å². The molecule has 2 aliphatic rings. The molecular formula is C21H23BrN2O5S. The largest absolute Gasteiger partial charge is 0.486 e. The monoisotopic (exact) mass is 494 g/mol. The number of hydrogen-bond acceptors (Lipinski definition) is 5. The molecule has 0 saturated heterocycles. The van der Waals surface area contributed by atoms with Crippen LogP contribution in [0.5, 0.6) is 11.5 Å². The van der Waals surface area contributed by atoms with E-state index in [1.807, 2.05) is 18.2 Å². The van der Waals surface area contributed by atoms with Crippen LogP contribution in [0, 0.1) is 5.92 Å². The van der Waals surface area contributed by atoms with Gasteiger partial charge in [0.1, 0.15) is 13.2 Å². The highest BCUT2D eigenvalue weighted by atomic mass is 79.9. The van der Waals surface area contributed by atoms with Crippen molar-refractivity contribution in [1.29, 1.82) is 0 Å². The first-order valence-corrected chi connectivity index (χ1v) is 12.0. The Bertz CT molecular complexity index is 1040. The molecule has 1 atom stereocenters. The molecule has 0 spiro atoms. The van der Waals surface area contributed by atoms with E-state index in [4.69, 9.17) is 9.47 Å². The smallest absolute Gasteiger partial charge is 0.243 e. The molecule has 7 nitrogen and oxygen atoms in total. The Hall–Kier alpha value is -2.10. The van der Waals surface area contributed by atoms with Gasteiger partial charge in [0.05, 0.1) is 17.5 Å². The minimum Gasteiger partial charge on any atom is -0.486 e. The Kier molecular flexibility index (Phi) is 6.04. The van der Waals surface area contributed by atoms with Crippen molar-refractivity contribution in [2.75, 3.05) is 26.8 Å². The molecule has 1 fully saturated rings. The summed E-state index contributed by atoms with van der Waals surface area (Å²) in [7, 11) is -2.34. The van der Waals surface area contributed by atoms with E-state index < -0.39 is 10.0 Å². The van der Waals surface area contributed by atoms with Crippen LogP contribution >= 0.6 is 15.9 Å². The van der Waals surface area contributed by atoms with Crippen LogP contribution in [0.25, 0.3) is 0 Å². The third kappa shape index (κ3) is 4.63. The Labute approximate surface area is 184 Å². The van der Waals surface area contributed by atoms with Gasteiger partial charge in [-0.25, -0.2) is 8.42 Å². The molecule has 1 N–H and O–H groups in total. The molecule has 1 aliphatic heterocycles. The molecule has 9 heteroatoms. The average molecular weight is 495 g/mol. The lowest BCUT2D eigenvalue weighted by atomic mass is 10.0. The lowest BCUT2D eigenvalue weighted by Crippen LogP contribution is -2.40. The summed E-state index contributed by atoms with van der Waals surface area (Å²) >= 11 is 3.29. The standard InChI is InChI=1S/C21H23BrN2O5S/c1-24(30(26,27)17-7-5-16(22)6-8-17)13-20(25)23-21(14-2-3-14)15-4-9-18-19(12-15)29-11-10-28-18/h4-9,12,14,21H,2-3,10-11,13H2,1H3,(H,23,25). The van der Waals surface area contributed by atoms with Crippen LogP contribution in [0.4, 0.5) is 0 Å². The number of amides is 1. The van der Waals surface area contributed by atoms with Gasteiger partial charge in [-0.1, -0.05) is 22.0 Å². The van der Waals surface area contributed by atoms with Crippen LogP contribution in [-0.4, -0.2) is 45.4 Å².